The molecule has 0 radical (unpaired) electrons. The SMILES string of the molecule is CCNc1ncc(Cl)c(NCCc2ccc(OC)cc2)n1. The number of hydrogen-bond acceptors (Lipinski definition) is 5. The Morgan fingerprint density at radius 1 is 1.19 bits per heavy atom. The topological polar surface area (TPSA) is 59.1 Å². The Morgan fingerprint density at radius 2 is 1.95 bits per heavy atom. The lowest BCUT2D eigenvalue weighted by molar-refractivity contribution is 0.414. The van der Waals surface area contributed by atoms with E-state index in [0.717, 1.165) is 25.3 Å². The van der Waals surface area contributed by atoms with Crippen molar-refractivity contribution in [3.8, 4) is 5.75 Å². The lowest BCUT2D eigenvalue weighted by Gasteiger charge is -2.09. The molecule has 5 nitrogen and oxygen atoms in total. The molecule has 1 heterocycles. The van der Waals surface area contributed by atoms with Crippen LogP contribution in [0.1, 0.15) is 12.5 Å². The number of aromatic nitrogens is 2. The lowest BCUT2D eigenvalue weighted by Crippen LogP contribution is -2.09. The number of anilines is 2. The second-order valence-electron chi connectivity index (χ2n) is 4.45. The number of ether oxygens (including phenoxy) is 1. The van der Waals surface area contributed by atoms with Gasteiger partial charge in [0.15, 0.2) is 0 Å². The predicted molar refractivity (Wildman–Crippen MR) is 86.4 cm³/mol. The van der Waals surface area contributed by atoms with Crippen LogP contribution in [0.5, 0.6) is 5.75 Å². The second kappa shape index (κ2) is 7.69. The zero-order valence-electron chi connectivity index (χ0n) is 12.2. The molecule has 0 saturated heterocycles. The summed E-state index contributed by atoms with van der Waals surface area (Å²) in [5, 5.41) is 6.82. The molecule has 0 spiro atoms. The van der Waals surface area contributed by atoms with Gasteiger partial charge in [-0.05, 0) is 31.0 Å². The summed E-state index contributed by atoms with van der Waals surface area (Å²) < 4.78 is 5.14. The van der Waals surface area contributed by atoms with Gasteiger partial charge < -0.3 is 15.4 Å². The van der Waals surface area contributed by atoms with E-state index in [0.29, 0.717) is 16.8 Å². The van der Waals surface area contributed by atoms with Crippen molar-refractivity contribution >= 4 is 23.4 Å². The Hall–Kier alpha value is -2.01. The van der Waals surface area contributed by atoms with Crippen LogP contribution in [0, 0.1) is 0 Å². The number of halogens is 1. The van der Waals surface area contributed by atoms with Crippen molar-refractivity contribution < 1.29 is 4.74 Å². The molecule has 112 valence electrons. The van der Waals surface area contributed by atoms with Gasteiger partial charge in [-0.25, -0.2) is 4.98 Å². The Kier molecular flexibility index (Phi) is 5.63. The highest BCUT2D eigenvalue weighted by atomic mass is 35.5. The summed E-state index contributed by atoms with van der Waals surface area (Å²) >= 11 is 6.09. The molecule has 0 amide bonds. The highest BCUT2D eigenvalue weighted by Crippen LogP contribution is 2.19. The number of rotatable bonds is 7. The van der Waals surface area contributed by atoms with Crippen molar-refractivity contribution in [1.82, 2.24) is 9.97 Å². The van der Waals surface area contributed by atoms with Gasteiger partial charge in [-0.2, -0.15) is 4.98 Å². The van der Waals surface area contributed by atoms with Gasteiger partial charge in [-0.3, -0.25) is 0 Å². The molecule has 0 aliphatic carbocycles. The fourth-order valence-corrected chi connectivity index (χ4v) is 2.01. The highest BCUT2D eigenvalue weighted by molar-refractivity contribution is 6.32. The van der Waals surface area contributed by atoms with E-state index in [4.69, 9.17) is 16.3 Å². The molecular weight excluding hydrogens is 288 g/mol. The van der Waals surface area contributed by atoms with Crippen LogP contribution < -0.4 is 15.4 Å². The molecule has 0 bridgehead atoms. The van der Waals surface area contributed by atoms with Crippen LogP contribution >= 0.6 is 11.6 Å². The van der Waals surface area contributed by atoms with Crippen LogP contribution in [-0.4, -0.2) is 30.2 Å². The molecule has 2 rings (SSSR count). The van der Waals surface area contributed by atoms with Gasteiger partial charge in [0.2, 0.25) is 5.95 Å². The molecule has 0 unspecified atom stereocenters. The maximum Gasteiger partial charge on any atom is 0.224 e. The third-order valence-corrected chi connectivity index (χ3v) is 3.22. The van der Waals surface area contributed by atoms with Gasteiger partial charge in [-0.1, -0.05) is 23.7 Å². The maximum absolute atomic E-state index is 6.09. The second-order valence-corrected chi connectivity index (χ2v) is 4.85. The van der Waals surface area contributed by atoms with Crippen LogP contribution in [-0.2, 0) is 6.42 Å². The Morgan fingerprint density at radius 3 is 2.62 bits per heavy atom. The Balaban J connectivity index is 1.91. The third-order valence-electron chi connectivity index (χ3n) is 2.94. The predicted octanol–water partition coefficient (Wildman–Crippen LogP) is 3.23. The standard InChI is InChI=1S/C15H19ClN4O/c1-3-17-15-19-10-13(16)14(20-15)18-9-8-11-4-6-12(21-2)7-5-11/h4-7,10H,3,8-9H2,1-2H3,(H2,17,18,19,20). The van der Waals surface area contributed by atoms with Crippen LogP contribution in [0.4, 0.5) is 11.8 Å². The molecule has 0 aliphatic rings. The van der Waals surface area contributed by atoms with E-state index in [1.807, 2.05) is 31.2 Å². The average Bonchev–Trinajstić information content (AvgIpc) is 2.51. The van der Waals surface area contributed by atoms with Gasteiger partial charge in [-0.15, -0.1) is 0 Å². The Labute approximate surface area is 129 Å². The van der Waals surface area contributed by atoms with Gasteiger partial charge in [0, 0.05) is 13.1 Å². The molecule has 0 saturated carbocycles. The van der Waals surface area contributed by atoms with E-state index in [1.54, 1.807) is 13.3 Å². The smallest absolute Gasteiger partial charge is 0.224 e. The summed E-state index contributed by atoms with van der Waals surface area (Å²) in [7, 11) is 1.66. The van der Waals surface area contributed by atoms with Crippen molar-refractivity contribution in [2.75, 3.05) is 30.8 Å². The van der Waals surface area contributed by atoms with Crippen LogP contribution in [0.2, 0.25) is 5.02 Å². The highest BCUT2D eigenvalue weighted by Gasteiger charge is 2.04. The van der Waals surface area contributed by atoms with E-state index < -0.39 is 0 Å². The van der Waals surface area contributed by atoms with Crippen LogP contribution in [0.3, 0.4) is 0 Å². The molecule has 2 N–H and O–H groups in total. The fraction of sp³-hybridized carbons (Fsp3) is 0.333. The first-order valence-electron chi connectivity index (χ1n) is 6.86. The molecule has 0 fully saturated rings. The average molecular weight is 307 g/mol. The zero-order chi connectivity index (χ0) is 15.1. The minimum atomic E-state index is 0.520. The van der Waals surface area contributed by atoms with Crippen molar-refractivity contribution in [2.45, 2.75) is 13.3 Å². The zero-order valence-corrected chi connectivity index (χ0v) is 12.9. The summed E-state index contributed by atoms with van der Waals surface area (Å²) in [5.41, 5.74) is 1.22. The fourth-order valence-electron chi connectivity index (χ4n) is 1.85. The minimum Gasteiger partial charge on any atom is -0.497 e. The van der Waals surface area contributed by atoms with Crippen molar-refractivity contribution in [1.29, 1.82) is 0 Å². The molecule has 2 aromatic rings. The van der Waals surface area contributed by atoms with E-state index in [-0.39, 0.29) is 0 Å². The van der Waals surface area contributed by atoms with E-state index in [9.17, 15) is 0 Å². The van der Waals surface area contributed by atoms with Gasteiger partial charge in [0.05, 0.1) is 13.3 Å². The van der Waals surface area contributed by atoms with Gasteiger partial charge in [0.1, 0.15) is 16.6 Å². The quantitative estimate of drug-likeness (QED) is 0.822. The van der Waals surface area contributed by atoms with Crippen LogP contribution in [0.15, 0.2) is 30.5 Å². The third kappa shape index (κ3) is 4.49. The molecule has 6 heteroatoms. The summed E-state index contributed by atoms with van der Waals surface area (Å²) in [6.45, 7) is 3.51. The van der Waals surface area contributed by atoms with Crippen molar-refractivity contribution in [2.24, 2.45) is 0 Å². The first-order valence-corrected chi connectivity index (χ1v) is 7.24. The molecule has 0 atom stereocenters. The Bertz CT molecular complexity index is 574. The molecule has 0 aliphatic heterocycles. The lowest BCUT2D eigenvalue weighted by atomic mass is 10.1. The summed E-state index contributed by atoms with van der Waals surface area (Å²) in [6, 6.07) is 8.00. The molecule has 1 aromatic carbocycles. The molecule has 21 heavy (non-hydrogen) atoms. The number of benzene rings is 1. The number of hydrogen-bond donors (Lipinski definition) is 2. The molecular formula is C15H19ClN4O. The normalized spacial score (nSPS) is 10.2. The monoisotopic (exact) mass is 306 g/mol. The summed E-state index contributed by atoms with van der Waals surface area (Å²) in [4.78, 5) is 8.44. The van der Waals surface area contributed by atoms with Crippen LogP contribution in [0.25, 0.3) is 0 Å². The summed E-state index contributed by atoms with van der Waals surface area (Å²) in [5.74, 6) is 2.09. The van der Waals surface area contributed by atoms with E-state index >= 15 is 0 Å². The van der Waals surface area contributed by atoms with E-state index in [1.165, 1.54) is 5.56 Å². The van der Waals surface area contributed by atoms with Crippen molar-refractivity contribution in [3.63, 3.8) is 0 Å². The van der Waals surface area contributed by atoms with Gasteiger partial charge in [0.25, 0.3) is 0 Å². The first-order chi connectivity index (χ1) is 10.2. The largest absolute Gasteiger partial charge is 0.497 e. The number of nitrogens with one attached hydrogen (secondary N) is 2. The minimum absolute atomic E-state index is 0.520. The molecule has 1 aromatic heterocycles. The summed E-state index contributed by atoms with van der Waals surface area (Å²) in [6.07, 6.45) is 2.48. The number of nitrogens with zero attached hydrogens (tertiary/aromatic N) is 2. The maximum atomic E-state index is 6.09. The first kappa shape index (κ1) is 15.4. The van der Waals surface area contributed by atoms with Gasteiger partial charge >= 0.3 is 0 Å². The van der Waals surface area contributed by atoms with E-state index in [2.05, 4.69) is 20.6 Å². The van der Waals surface area contributed by atoms with Crippen molar-refractivity contribution in [3.05, 3.63) is 41.0 Å². The number of methoxy groups -OCH3 is 1.